The third-order valence-electron chi connectivity index (χ3n) is 3.34. The number of rotatable bonds is 3. The standard InChI is InChI=1S/C12H19ClN4S/c1-4-16-5-6-17(8-9(16)2)11-7-10(13)14-12(15-11)18-3/h7,9H,4-6,8H2,1-3H3. The average Bonchev–Trinajstić information content (AvgIpc) is 2.37. The van der Waals surface area contributed by atoms with Crippen molar-refractivity contribution in [3.63, 3.8) is 0 Å². The van der Waals surface area contributed by atoms with E-state index in [1.165, 1.54) is 11.8 Å². The van der Waals surface area contributed by atoms with Gasteiger partial charge in [-0.25, -0.2) is 9.97 Å². The second-order valence-electron chi connectivity index (χ2n) is 4.46. The van der Waals surface area contributed by atoms with E-state index in [4.69, 9.17) is 11.6 Å². The number of nitrogens with zero attached hydrogens (tertiary/aromatic N) is 4. The fourth-order valence-electron chi connectivity index (χ4n) is 2.31. The van der Waals surface area contributed by atoms with Gasteiger partial charge in [-0.15, -0.1) is 0 Å². The Morgan fingerprint density at radius 2 is 2.22 bits per heavy atom. The van der Waals surface area contributed by atoms with Gasteiger partial charge in [0.2, 0.25) is 0 Å². The molecule has 1 fully saturated rings. The van der Waals surface area contributed by atoms with Crippen LogP contribution in [0.15, 0.2) is 11.2 Å². The average molecular weight is 287 g/mol. The molecule has 1 saturated heterocycles. The lowest BCUT2D eigenvalue weighted by molar-refractivity contribution is 0.199. The first-order chi connectivity index (χ1) is 8.63. The van der Waals surface area contributed by atoms with E-state index in [0.717, 1.165) is 37.2 Å². The van der Waals surface area contributed by atoms with Crippen molar-refractivity contribution in [2.75, 3.05) is 37.3 Å². The summed E-state index contributed by atoms with van der Waals surface area (Å²) in [6, 6.07) is 2.41. The van der Waals surface area contributed by atoms with Gasteiger partial charge in [0.05, 0.1) is 0 Å². The van der Waals surface area contributed by atoms with Gasteiger partial charge < -0.3 is 4.90 Å². The molecular weight excluding hydrogens is 268 g/mol. The highest BCUT2D eigenvalue weighted by Crippen LogP contribution is 2.22. The van der Waals surface area contributed by atoms with Gasteiger partial charge in [-0.1, -0.05) is 30.3 Å². The molecule has 1 aliphatic heterocycles. The first-order valence-corrected chi connectivity index (χ1v) is 7.82. The molecule has 0 spiro atoms. The molecule has 1 atom stereocenters. The fraction of sp³-hybridized carbons (Fsp3) is 0.667. The predicted molar refractivity (Wildman–Crippen MR) is 77.7 cm³/mol. The van der Waals surface area contributed by atoms with E-state index in [9.17, 15) is 0 Å². The van der Waals surface area contributed by atoms with Crippen LogP contribution in [0.25, 0.3) is 0 Å². The van der Waals surface area contributed by atoms with Crippen LogP contribution in [-0.4, -0.2) is 53.3 Å². The predicted octanol–water partition coefficient (Wildman–Crippen LogP) is 2.38. The fourth-order valence-corrected chi connectivity index (χ4v) is 2.91. The number of thioether (sulfide) groups is 1. The lowest BCUT2D eigenvalue weighted by Gasteiger charge is -2.39. The highest BCUT2D eigenvalue weighted by atomic mass is 35.5. The van der Waals surface area contributed by atoms with Gasteiger partial charge in [-0.3, -0.25) is 4.90 Å². The maximum atomic E-state index is 6.04. The smallest absolute Gasteiger partial charge is 0.190 e. The number of hydrogen-bond acceptors (Lipinski definition) is 5. The van der Waals surface area contributed by atoms with Crippen molar-refractivity contribution < 1.29 is 0 Å². The zero-order valence-corrected chi connectivity index (χ0v) is 12.6. The van der Waals surface area contributed by atoms with E-state index in [2.05, 4.69) is 33.6 Å². The van der Waals surface area contributed by atoms with Crippen LogP contribution in [0.3, 0.4) is 0 Å². The molecule has 100 valence electrons. The zero-order chi connectivity index (χ0) is 13.1. The van der Waals surface area contributed by atoms with Crippen molar-refractivity contribution in [1.29, 1.82) is 0 Å². The number of likely N-dealkylation sites (N-methyl/N-ethyl adjacent to an activating group) is 1. The topological polar surface area (TPSA) is 32.3 Å². The Hall–Kier alpha value is -0.520. The molecule has 1 aromatic heterocycles. The van der Waals surface area contributed by atoms with Gasteiger partial charge in [0.1, 0.15) is 11.0 Å². The van der Waals surface area contributed by atoms with E-state index >= 15 is 0 Å². The highest BCUT2D eigenvalue weighted by Gasteiger charge is 2.23. The largest absolute Gasteiger partial charge is 0.354 e. The minimum absolute atomic E-state index is 0.523. The Bertz CT molecular complexity index is 415. The van der Waals surface area contributed by atoms with Gasteiger partial charge in [0, 0.05) is 31.7 Å². The molecular formula is C12H19ClN4S. The maximum Gasteiger partial charge on any atom is 0.190 e. The molecule has 0 bridgehead atoms. The summed E-state index contributed by atoms with van der Waals surface area (Å²) in [5.41, 5.74) is 0. The molecule has 2 rings (SSSR count). The van der Waals surface area contributed by atoms with Crippen molar-refractivity contribution >= 4 is 29.2 Å². The Balaban J connectivity index is 2.15. The summed E-state index contributed by atoms with van der Waals surface area (Å²) in [4.78, 5) is 13.5. The van der Waals surface area contributed by atoms with Crippen LogP contribution >= 0.6 is 23.4 Å². The molecule has 1 aliphatic rings. The molecule has 1 aromatic rings. The van der Waals surface area contributed by atoms with Crippen LogP contribution in [0.1, 0.15) is 13.8 Å². The molecule has 0 amide bonds. The first kappa shape index (κ1) is 13.9. The van der Waals surface area contributed by atoms with E-state index in [1.807, 2.05) is 12.3 Å². The summed E-state index contributed by atoms with van der Waals surface area (Å²) in [7, 11) is 0. The number of aromatic nitrogens is 2. The van der Waals surface area contributed by atoms with Crippen LogP contribution in [0, 0.1) is 0 Å². The summed E-state index contributed by atoms with van der Waals surface area (Å²) >= 11 is 7.56. The van der Waals surface area contributed by atoms with Crippen LogP contribution < -0.4 is 4.90 Å². The quantitative estimate of drug-likeness (QED) is 0.484. The monoisotopic (exact) mass is 286 g/mol. The second kappa shape index (κ2) is 6.08. The third-order valence-corrected chi connectivity index (χ3v) is 4.08. The van der Waals surface area contributed by atoms with Gasteiger partial charge in [0.15, 0.2) is 5.16 Å². The summed E-state index contributed by atoms with van der Waals surface area (Å²) in [6.07, 6.45) is 1.97. The summed E-state index contributed by atoms with van der Waals surface area (Å²) in [6.45, 7) is 8.64. The molecule has 18 heavy (non-hydrogen) atoms. The molecule has 0 saturated carbocycles. The SMILES string of the molecule is CCN1CCN(c2cc(Cl)nc(SC)n2)CC1C. The molecule has 1 unspecified atom stereocenters. The second-order valence-corrected chi connectivity index (χ2v) is 5.62. The minimum atomic E-state index is 0.523. The first-order valence-electron chi connectivity index (χ1n) is 6.21. The molecule has 0 N–H and O–H groups in total. The molecule has 0 aromatic carbocycles. The van der Waals surface area contributed by atoms with Crippen molar-refractivity contribution in [2.24, 2.45) is 0 Å². The minimum Gasteiger partial charge on any atom is -0.354 e. The Labute approximate surface area is 118 Å². The van der Waals surface area contributed by atoms with Crippen LogP contribution in [0.4, 0.5) is 5.82 Å². The summed E-state index contributed by atoms with van der Waals surface area (Å²) in [5.74, 6) is 0.946. The third kappa shape index (κ3) is 3.08. The van der Waals surface area contributed by atoms with Crippen LogP contribution in [0.2, 0.25) is 5.15 Å². The summed E-state index contributed by atoms with van der Waals surface area (Å²) in [5, 5.41) is 1.26. The van der Waals surface area contributed by atoms with Crippen molar-refractivity contribution in [1.82, 2.24) is 14.9 Å². The molecule has 0 radical (unpaired) electrons. The Morgan fingerprint density at radius 3 is 2.83 bits per heavy atom. The van der Waals surface area contributed by atoms with Crippen LogP contribution in [-0.2, 0) is 0 Å². The van der Waals surface area contributed by atoms with Gasteiger partial charge in [0.25, 0.3) is 0 Å². The number of halogens is 1. The lowest BCUT2D eigenvalue weighted by atomic mass is 10.2. The van der Waals surface area contributed by atoms with Gasteiger partial charge in [-0.05, 0) is 19.7 Å². The van der Waals surface area contributed by atoms with Gasteiger partial charge in [-0.2, -0.15) is 0 Å². The lowest BCUT2D eigenvalue weighted by Crippen LogP contribution is -2.52. The molecule has 0 aliphatic carbocycles. The van der Waals surface area contributed by atoms with Crippen molar-refractivity contribution in [3.8, 4) is 0 Å². The number of hydrogen-bond donors (Lipinski definition) is 0. The van der Waals surface area contributed by atoms with E-state index in [-0.39, 0.29) is 0 Å². The highest BCUT2D eigenvalue weighted by molar-refractivity contribution is 7.98. The van der Waals surface area contributed by atoms with Crippen LogP contribution in [0.5, 0.6) is 0 Å². The van der Waals surface area contributed by atoms with Gasteiger partial charge >= 0.3 is 0 Å². The Morgan fingerprint density at radius 1 is 1.44 bits per heavy atom. The van der Waals surface area contributed by atoms with E-state index in [1.54, 1.807) is 0 Å². The zero-order valence-electron chi connectivity index (χ0n) is 11.1. The number of anilines is 1. The van der Waals surface area contributed by atoms with E-state index in [0.29, 0.717) is 11.2 Å². The van der Waals surface area contributed by atoms with Crippen molar-refractivity contribution in [3.05, 3.63) is 11.2 Å². The maximum absolute atomic E-state index is 6.04. The molecule has 6 heteroatoms. The van der Waals surface area contributed by atoms with Crippen molar-refractivity contribution in [2.45, 2.75) is 25.0 Å². The van der Waals surface area contributed by atoms with E-state index < -0.39 is 0 Å². The summed E-state index contributed by atoms with van der Waals surface area (Å²) < 4.78 is 0. The molecule has 4 nitrogen and oxygen atoms in total. The number of piperazine rings is 1. The Kier molecular flexibility index (Phi) is 4.70. The normalized spacial score (nSPS) is 21.3. The molecule has 2 heterocycles.